The van der Waals surface area contributed by atoms with Gasteiger partial charge in [0.1, 0.15) is 17.0 Å². The van der Waals surface area contributed by atoms with E-state index in [0.29, 0.717) is 11.7 Å². The van der Waals surface area contributed by atoms with Crippen LogP contribution in [0.25, 0.3) is 10.9 Å². The first-order chi connectivity index (χ1) is 6.70. The fourth-order valence-electron chi connectivity index (χ4n) is 1.41. The van der Waals surface area contributed by atoms with E-state index < -0.39 is 0 Å². The first kappa shape index (κ1) is 8.81. The van der Waals surface area contributed by atoms with Gasteiger partial charge in [-0.15, -0.1) is 0 Å². The number of carbonyl (C=O) groups is 1. The van der Waals surface area contributed by atoms with Gasteiger partial charge in [-0.1, -0.05) is 6.07 Å². The molecule has 1 heterocycles. The van der Waals surface area contributed by atoms with Crippen LogP contribution in [0, 0.1) is 12.7 Å². The zero-order valence-corrected chi connectivity index (χ0v) is 7.62. The summed E-state index contributed by atoms with van der Waals surface area (Å²) in [7, 11) is 0. The molecule has 0 radical (unpaired) electrons. The van der Waals surface area contributed by atoms with Crippen molar-refractivity contribution in [2.45, 2.75) is 6.92 Å². The van der Waals surface area contributed by atoms with Gasteiger partial charge in [-0.05, 0) is 30.7 Å². The molecule has 0 amide bonds. The molecule has 2 rings (SSSR count). The normalized spacial score (nSPS) is 10.4. The molecule has 0 fully saturated rings. The van der Waals surface area contributed by atoms with Gasteiger partial charge in [-0.3, -0.25) is 4.79 Å². The van der Waals surface area contributed by atoms with Crippen molar-refractivity contribution >= 4 is 17.2 Å². The van der Waals surface area contributed by atoms with E-state index in [-0.39, 0.29) is 17.0 Å². The van der Waals surface area contributed by atoms with Crippen molar-refractivity contribution in [3.63, 3.8) is 0 Å². The van der Waals surface area contributed by atoms with Crippen molar-refractivity contribution < 1.29 is 9.18 Å². The molecule has 0 unspecified atom stereocenters. The summed E-state index contributed by atoms with van der Waals surface area (Å²) < 4.78 is 13.4. The SMILES string of the molecule is Cc1cc(F)c2nc(C=O)ccc2c1. The maximum atomic E-state index is 13.4. The molecule has 70 valence electrons. The lowest BCUT2D eigenvalue weighted by atomic mass is 10.1. The van der Waals surface area contributed by atoms with Gasteiger partial charge >= 0.3 is 0 Å². The minimum absolute atomic E-state index is 0.250. The van der Waals surface area contributed by atoms with Crippen molar-refractivity contribution in [1.82, 2.24) is 4.98 Å². The van der Waals surface area contributed by atoms with Gasteiger partial charge in [0.05, 0.1) is 0 Å². The van der Waals surface area contributed by atoms with Crippen LogP contribution in [0.3, 0.4) is 0 Å². The Bertz CT molecular complexity index is 508. The van der Waals surface area contributed by atoms with Gasteiger partial charge in [0.25, 0.3) is 0 Å². The number of fused-ring (bicyclic) bond motifs is 1. The van der Waals surface area contributed by atoms with Crippen LogP contribution < -0.4 is 0 Å². The Morgan fingerprint density at radius 1 is 1.36 bits per heavy atom. The zero-order chi connectivity index (χ0) is 10.1. The summed E-state index contributed by atoms with van der Waals surface area (Å²) in [4.78, 5) is 14.3. The van der Waals surface area contributed by atoms with E-state index in [0.717, 1.165) is 5.56 Å². The smallest absolute Gasteiger partial charge is 0.168 e. The Morgan fingerprint density at radius 2 is 2.14 bits per heavy atom. The Morgan fingerprint density at radius 3 is 2.86 bits per heavy atom. The van der Waals surface area contributed by atoms with Crippen LogP contribution in [0.5, 0.6) is 0 Å². The highest BCUT2D eigenvalue weighted by atomic mass is 19.1. The molecule has 0 aliphatic rings. The number of aryl methyl sites for hydroxylation is 1. The van der Waals surface area contributed by atoms with Crippen molar-refractivity contribution in [2.75, 3.05) is 0 Å². The van der Waals surface area contributed by atoms with Crippen molar-refractivity contribution in [2.24, 2.45) is 0 Å². The molecular weight excluding hydrogens is 181 g/mol. The highest BCUT2D eigenvalue weighted by Gasteiger charge is 2.04. The maximum absolute atomic E-state index is 13.4. The monoisotopic (exact) mass is 189 g/mol. The van der Waals surface area contributed by atoms with Gasteiger partial charge in [-0.2, -0.15) is 0 Å². The second kappa shape index (κ2) is 3.18. The van der Waals surface area contributed by atoms with E-state index in [4.69, 9.17) is 0 Å². The summed E-state index contributed by atoms with van der Waals surface area (Å²) in [6.45, 7) is 1.82. The molecule has 0 N–H and O–H groups in total. The van der Waals surface area contributed by atoms with Crippen molar-refractivity contribution in [3.8, 4) is 0 Å². The van der Waals surface area contributed by atoms with Crippen molar-refractivity contribution in [3.05, 3.63) is 41.3 Å². The van der Waals surface area contributed by atoms with Gasteiger partial charge < -0.3 is 0 Å². The highest BCUT2D eigenvalue weighted by molar-refractivity contribution is 5.84. The summed E-state index contributed by atoms with van der Waals surface area (Å²) in [5.74, 6) is -0.385. The molecule has 0 spiro atoms. The molecule has 0 aliphatic carbocycles. The summed E-state index contributed by atoms with van der Waals surface area (Å²) in [6, 6.07) is 6.51. The fourth-order valence-corrected chi connectivity index (χ4v) is 1.41. The lowest BCUT2D eigenvalue weighted by Gasteiger charge is -2.01. The maximum Gasteiger partial charge on any atom is 0.168 e. The second-order valence-electron chi connectivity index (χ2n) is 3.17. The predicted molar refractivity (Wildman–Crippen MR) is 51.8 cm³/mol. The molecule has 0 atom stereocenters. The Kier molecular flexibility index (Phi) is 2.00. The average Bonchev–Trinajstić information content (AvgIpc) is 2.17. The van der Waals surface area contributed by atoms with Gasteiger partial charge in [0.2, 0.25) is 0 Å². The van der Waals surface area contributed by atoms with Crippen molar-refractivity contribution in [1.29, 1.82) is 0 Å². The fraction of sp³-hybridized carbons (Fsp3) is 0.0909. The Balaban J connectivity index is 2.81. The molecule has 0 saturated heterocycles. The minimum Gasteiger partial charge on any atom is -0.296 e. The standard InChI is InChI=1S/C11H8FNO/c1-7-4-8-2-3-9(6-14)13-11(8)10(12)5-7/h2-6H,1H3. The second-order valence-corrected chi connectivity index (χ2v) is 3.17. The minimum atomic E-state index is -0.385. The number of hydrogen-bond acceptors (Lipinski definition) is 2. The molecule has 0 aliphatic heterocycles. The Labute approximate surface area is 80.4 Å². The van der Waals surface area contributed by atoms with Crippen LogP contribution in [-0.4, -0.2) is 11.3 Å². The predicted octanol–water partition coefficient (Wildman–Crippen LogP) is 2.49. The average molecular weight is 189 g/mol. The Hall–Kier alpha value is -1.77. The van der Waals surface area contributed by atoms with Gasteiger partial charge in [-0.25, -0.2) is 9.37 Å². The van der Waals surface area contributed by atoms with Crippen LogP contribution >= 0.6 is 0 Å². The van der Waals surface area contributed by atoms with Gasteiger partial charge in [0, 0.05) is 5.39 Å². The lowest BCUT2D eigenvalue weighted by molar-refractivity contribution is 0.111. The lowest BCUT2D eigenvalue weighted by Crippen LogP contribution is -1.91. The van der Waals surface area contributed by atoms with Crippen LogP contribution in [0.4, 0.5) is 4.39 Å². The quantitative estimate of drug-likeness (QED) is 0.645. The largest absolute Gasteiger partial charge is 0.296 e. The van der Waals surface area contributed by atoms with E-state index in [1.807, 2.05) is 13.0 Å². The number of carbonyl (C=O) groups excluding carboxylic acids is 1. The summed E-state index contributed by atoms with van der Waals surface area (Å²) >= 11 is 0. The molecule has 1 aromatic heterocycles. The number of nitrogens with zero attached hydrogens (tertiary/aromatic N) is 1. The molecular formula is C11H8FNO. The number of hydrogen-bond donors (Lipinski definition) is 0. The van der Waals surface area contributed by atoms with Crippen LogP contribution in [0.2, 0.25) is 0 Å². The van der Waals surface area contributed by atoms with E-state index >= 15 is 0 Å². The number of aldehydes is 1. The number of rotatable bonds is 1. The van der Waals surface area contributed by atoms with E-state index in [2.05, 4.69) is 4.98 Å². The van der Waals surface area contributed by atoms with E-state index in [1.54, 1.807) is 12.1 Å². The third-order valence-electron chi connectivity index (χ3n) is 2.03. The third-order valence-corrected chi connectivity index (χ3v) is 2.03. The highest BCUT2D eigenvalue weighted by Crippen LogP contribution is 2.17. The molecule has 14 heavy (non-hydrogen) atoms. The van der Waals surface area contributed by atoms with E-state index in [1.165, 1.54) is 6.07 Å². The van der Waals surface area contributed by atoms with Gasteiger partial charge in [0.15, 0.2) is 6.29 Å². The number of aromatic nitrogens is 1. The van der Waals surface area contributed by atoms with E-state index in [9.17, 15) is 9.18 Å². The summed E-state index contributed by atoms with van der Waals surface area (Å²) in [6.07, 6.45) is 0.610. The summed E-state index contributed by atoms with van der Waals surface area (Å²) in [5.41, 5.74) is 1.34. The van der Waals surface area contributed by atoms with Crippen LogP contribution in [0.15, 0.2) is 24.3 Å². The molecule has 2 nitrogen and oxygen atoms in total. The zero-order valence-electron chi connectivity index (χ0n) is 7.62. The third kappa shape index (κ3) is 1.37. The van der Waals surface area contributed by atoms with Crippen LogP contribution in [0.1, 0.15) is 16.1 Å². The van der Waals surface area contributed by atoms with Crippen LogP contribution in [-0.2, 0) is 0 Å². The molecule has 0 bridgehead atoms. The topological polar surface area (TPSA) is 30.0 Å². The number of pyridine rings is 1. The molecule has 1 aromatic carbocycles. The molecule has 3 heteroatoms. The molecule has 2 aromatic rings. The number of halogens is 1. The molecule has 0 saturated carbocycles. The first-order valence-electron chi connectivity index (χ1n) is 4.23. The first-order valence-corrected chi connectivity index (χ1v) is 4.23. The summed E-state index contributed by atoms with van der Waals surface area (Å²) in [5, 5.41) is 0.716. The number of benzene rings is 1.